The van der Waals surface area contributed by atoms with Gasteiger partial charge in [-0.3, -0.25) is 9.59 Å². The molecule has 0 saturated carbocycles. The highest BCUT2D eigenvalue weighted by Gasteiger charge is 2.30. The minimum Gasteiger partial charge on any atom is -0.451 e. The predicted octanol–water partition coefficient (Wildman–Crippen LogP) is 6.98. The van der Waals surface area contributed by atoms with Gasteiger partial charge in [0.25, 0.3) is 5.91 Å². The zero-order valence-electron chi connectivity index (χ0n) is 24.6. The molecular formula is C34H39FN4O3. The first-order chi connectivity index (χ1) is 20.4. The Balaban J connectivity index is 1.50. The first-order valence-electron chi connectivity index (χ1n) is 15.3. The maximum atomic E-state index is 15.9. The molecule has 1 saturated heterocycles. The van der Waals surface area contributed by atoms with E-state index in [0.29, 0.717) is 23.9 Å². The third-order valence-corrected chi connectivity index (χ3v) is 8.82. The molecule has 1 unspecified atom stereocenters. The van der Waals surface area contributed by atoms with Gasteiger partial charge in [-0.2, -0.15) is 0 Å². The van der Waals surface area contributed by atoms with E-state index in [0.717, 1.165) is 61.5 Å². The summed E-state index contributed by atoms with van der Waals surface area (Å²) in [5.74, 6) is -0.198. The van der Waals surface area contributed by atoms with Crippen LogP contribution in [0, 0.1) is 5.82 Å². The summed E-state index contributed by atoms with van der Waals surface area (Å²) in [6.07, 6.45) is 8.28. The maximum Gasteiger partial charge on any atom is 0.257 e. The lowest BCUT2D eigenvalue weighted by Crippen LogP contribution is -2.37. The summed E-state index contributed by atoms with van der Waals surface area (Å²) in [6, 6.07) is 13.4. The van der Waals surface area contributed by atoms with Crippen LogP contribution in [0.15, 0.2) is 53.5 Å². The number of anilines is 1. The Morgan fingerprint density at radius 2 is 1.90 bits per heavy atom. The monoisotopic (exact) mass is 570 g/mol. The molecule has 7 nitrogen and oxygen atoms in total. The quantitative estimate of drug-likeness (QED) is 0.189. The zero-order valence-corrected chi connectivity index (χ0v) is 24.6. The highest BCUT2D eigenvalue weighted by Crippen LogP contribution is 2.47. The van der Waals surface area contributed by atoms with Gasteiger partial charge in [0.2, 0.25) is 5.43 Å². The molecule has 2 N–H and O–H groups in total. The summed E-state index contributed by atoms with van der Waals surface area (Å²) in [5, 5.41) is 8.40. The zero-order chi connectivity index (χ0) is 29.4. The van der Waals surface area contributed by atoms with E-state index in [4.69, 9.17) is 4.74 Å². The fourth-order valence-electron chi connectivity index (χ4n) is 6.66. The van der Waals surface area contributed by atoms with E-state index in [2.05, 4.69) is 36.4 Å². The van der Waals surface area contributed by atoms with Gasteiger partial charge in [0.05, 0.1) is 11.1 Å². The Kier molecular flexibility index (Phi) is 7.90. The Hall–Kier alpha value is -3.91. The van der Waals surface area contributed by atoms with Crippen LogP contribution < -0.4 is 20.8 Å². The first-order valence-corrected chi connectivity index (χ1v) is 15.3. The standard InChI is InChI=1S/C34H39FN4O3/c1-4-9-22(10-5-2)37-34(41)26-20-39-30-24-13-7-6-11-21(24)14-15-28(30)42-33-29(27(35)19-25(31(33)39)32(26)40)36-17-16-23-12-8-18-38(23)3/h6-7,11,13-15,19-20,22-23,36H,4-5,8-10,12,16-18H2,1-3H3,(H,37,41). The van der Waals surface area contributed by atoms with Gasteiger partial charge in [0, 0.05) is 30.2 Å². The van der Waals surface area contributed by atoms with Gasteiger partial charge in [-0.05, 0) is 63.2 Å². The highest BCUT2D eigenvalue weighted by atomic mass is 19.1. The Morgan fingerprint density at radius 3 is 2.64 bits per heavy atom. The molecule has 220 valence electrons. The highest BCUT2D eigenvalue weighted by molar-refractivity contribution is 6.04. The molecule has 3 aromatic carbocycles. The van der Waals surface area contributed by atoms with Gasteiger partial charge in [-0.1, -0.05) is 57.0 Å². The van der Waals surface area contributed by atoms with Crippen LogP contribution in [0.2, 0.25) is 0 Å². The van der Waals surface area contributed by atoms with Crippen LogP contribution in [0.4, 0.5) is 10.1 Å². The van der Waals surface area contributed by atoms with Crippen molar-refractivity contribution in [3.8, 4) is 17.2 Å². The second kappa shape index (κ2) is 11.8. The molecule has 0 radical (unpaired) electrons. The minimum absolute atomic E-state index is 0.00387. The molecule has 1 aromatic heterocycles. The fraction of sp³-hybridized carbons (Fsp3) is 0.412. The Bertz CT molecular complexity index is 1710. The molecule has 1 fully saturated rings. The average molecular weight is 571 g/mol. The number of aromatic nitrogens is 1. The van der Waals surface area contributed by atoms with Crippen molar-refractivity contribution in [1.29, 1.82) is 0 Å². The van der Waals surface area contributed by atoms with Crippen molar-refractivity contribution in [2.45, 2.75) is 70.9 Å². The number of carbonyl (C=O) groups is 1. The average Bonchev–Trinajstić information content (AvgIpc) is 3.39. The third kappa shape index (κ3) is 5.02. The minimum atomic E-state index is -0.572. The number of nitrogens with one attached hydrogen (secondary N) is 2. The van der Waals surface area contributed by atoms with Crippen LogP contribution in [0.25, 0.3) is 27.4 Å². The molecule has 42 heavy (non-hydrogen) atoms. The van der Waals surface area contributed by atoms with E-state index in [1.54, 1.807) is 6.20 Å². The number of fused-ring (bicyclic) bond motifs is 4. The van der Waals surface area contributed by atoms with Gasteiger partial charge in [0.15, 0.2) is 17.3 Å². The van der Waals surface area contributed by atoms with Gasteiger partial charge < -0.3 is 24.8 Å². The second-order valence-corrected chi connectivity index (χ2v) is 11.7. The van der Waals surface area contributed by atoms with Gasteiger partial charge in [-0.15, -0.1) is 0 Å². The molecule has 0 bridgehead atoms. The van der Waals surface area contributed by atoms with E-state index in [1.807, 2.05) is 41.0 Å². The summed E-state index contributed by atoms with van der Waals surface area (Å²) in [5.41, 5.74) is 0.913. The molecule has 6 rings (SSSR count). The molecule has 0 spiro atoms. The third-order valence-electron chi connectivity index (χ3n) is 8.82. The maximum absolute atomic E-state index is 15.9. The predicted molar refractivity (Wildman–Crippen MR) is 167 cm³/mol. The number of pyridine rings is 1. The van der Waals surface area contributed by atoms with Gasteiger partial charge in [0.1, 0.15) is 16.8 Å². The number of halogens is 1. The van der Waals surface area contributed by atoms with Crippen LogP contribution in [-0.4, -0.2) is 47.6 Å². The molecule has 2 aliphatic rings. The number of nitrogens with zero attached hydrogens (tertiary/aromatic N) is 2. The Labute approximate surface area is 245 Å². The lowest BCUT2D eigenvalue weighted by Gasteiger charge is -2.28. The second-order valence-electron chi connectivity index (χ2n) is 11.7. The molecule has 8 heteroatoms. The smallest absolute Gasteiger partial charge is 0.257 e. The van der Waals surface area contributed by atoms with Crippen molar-refractivity contribution in [1.82, 2.24) is 14.8 Å². The molecule has 2 aliphatic heterocycles. The number of carbonyl (C=O) groups excluding carboxylic acids is 1. The van der Waals surface area contributed by atoms with Gasteiger partial charge >= 0.3 is 0 Å². The number of ether oxygens (including phenoxy) is 1. The summed E-state index contributed by atoms with van der Waals surface area (Å²) in [4.78, 5) is 29.8. The van der Waals surface area contributed by atoms with Crippen LogP contribution in [0.3, 0.4) is 0 Å². The Morgan fingerprint density at radius 1 is 1.12 bits per heavy atom. The number of amides is 1. The molecule has 3 heterocycles. The molecule has 1 atom stereocenters. The largest absolute Gasteiger partial charge is 0.451 e. The number of hydrogen-bond acceptors (Lipinski definition) is 5. The number of likely N-dealkylation sites (tertiary alicyclic amines) is 1. The topological polar surface area (TPSA) is 75.6 Å². The normalized spacial score (nSPS) is 16.2. The van der Waals surface area contributed by atoms with Crippen molar-refractivity contribution in [3.05, 3.63) is 70.3 Å². The van der Waals surface area contributed by atoms with Gasteiger partial charge in [-0.25, -0.2) is 4.39 Å². The first kappa shape index (κ1) is 28.2. The number of rotatable bonds is 10. The van der Waals surface area contributed by atoms with Crippen molar-refractivity contribution < 1.29 is 13.9 Å². The van der Waals surface area contributed by atoms with E-state index < -0.39 is 17.2 Å². The number of hydrogen-bond donors (Lipinski definition) is 2. The van der Waals surface area contributed by atoms with Crippen LogP contribution in [-0.2, 0) is 0 Å². The summed E-state index contributed by atoms with van der Waals surface area (Å²) >= 11 is 0. The lowest BCUT2D eigenvalue weighted by atomic mass is 10.0. The summed E-state index contributed by atoms with van der Waals surface area (Å²) < 4.78 is 24.1. The summed E-state index contributed by atoms with van der Waals surface area (Å²) in [7, 11) is 2.13. The van der Waals surface area contributed by atoms with Crippen molar-refractivity contribution in [2.24, 2.45) is 0 Å². The van der Waals surface area contributed by atoms with Crippen LogP contribution in [0.5, 0.6) is 11.5 Å². The fourth-order valence-corrected chi connectivity index (χ4v) is 6.66. The molecule has 1 amide bonds. The SMILES string of the molecule is CCCC(CCC)NC(=O)c1cn2c3c(c(NCCC4CCCN4C)c(F)cc3c1=O)Oc1ccc3ccccc3c1-2. The van der Waals surface area contributed by atoms with Crippen molar-refractivity contribution >= 4 is 33.3 Å². The molecule has 0 aliphatic carbocycles. The lowest BCUT2D eigenvalue weighted by molar-refractivity contribution is 0.0931. The van der Waals surface area contributed by atoms with E-state index in [1.165, 1.54) is 12.5 Å². The molecular weight excluding hydrogens is 531 g/mol. The molecule has 4 aromatic rings. The van der Waals surface area contributed by atoms with Crippen LogP contribution >= 0.6 is 0 Å². The van der Waals surface area contributed by atoms with E-state index >= 15 is 4.39 Å². The number of benzene rings is 3. The van der Waals surface area contributed by atoms with Crippen molar-refractivity contribution in [3.63, 3.8) is 0 Å². The summed E-state index contributed by atoms with van der Waals surface area (Å²) in [6.45, 7) is 5.80. The van der Waals surface area contributed by atoms with Crippen LogP contribution in [0.1, 0.15) is 69.2 Å². The van der Waals surface area contributed by atoms with E-state index in [9.17, 15) is 9.59 Å². The van der Waals surface area contributed by atoms with Crippen molar-refractivity contribution in [2.75, 3.05) is 25.5 Å². The van der Waals surface area contributed by atoms with E-state index in [-0.39, 0.29) is 28.4 Å².